The molecule has 0 atom stereocenters. The van der Waals surface area contributed by atoms with Gasteiger partial charge in [0.25, 0.3) is 23.6 Å². The van der Waals surface area contributed by atoms with Gasteiger partial charge < -0.3 is 10.2 Å². The monoisotopic (exact) mass is 358 g/mol. The van der Waals surface area contributed by atoms with Crippen LogP contribution in [0.3, 0.4) is 0 Å². The van der Waals surface area contributed by atoms with Crippen molar-refractivity contribution < 1.29 is 29.4 Å². The molecule has 8 heteroatoms. The highest BCUT2D eigenvalue weighted by molar-refractivity contribution is 6.21. The molecule has 136 valence electrons. The van der Waals surface area contributed by atoms with E-state index in [1.807, 2.05) is 0 Å². The highest BCUT2D eigenvalue weighted by atomic mass is 16.3. The largest absolute Gasteiger partial charge is 0.376 e. The number of amides is 4. The zero-order valence-electron chi connectivity index (χ0n) is 14.0. The number of carbonyl (C=O) groups is 4. The molecule has 2 heterocycles. The minimum absolute atomic E-state index is 0.290. The smallest absolute Gasteiger partial charge is 0.263 e. The molecule has 0 aromatic heterocycles. The van der Waals surface area contributed by atoms with Gasteiger partial charge in [0, 0.05) is 11.1 Å². The summed E-state index contributed by atoms with van der Waals surface area (Å²) in [6.45, 7) is -1.06. The van der Waals surface area contributed by atoms with E-state index in [1.54, 1.807) is 24.3 Å². The van der Waals surface area contributed by atoms with Crippen LogP contribution in [0.4, 0.5) is 0 Å². The van der Waals surface area contributed by atoms with Gasteiger partial charge in [-0.2, -0.15) is 0 Å². The van der Waals surface area contributed by atoms with Gasteiger partial charge in [-0.1, -0.05) is 12.1 Å². The van der Waals surface area contributed by atoms with Crippen LogP contribution in [-0.4, -0.2) is 57.1 Å². The molecule has 2 aliphatic heterocycles. The normalized spacial score (nSPS) is 18.8. The predicted molar refractivity (Wildman–Crippen MR) is 88.5 cm³/mol. The van der Waals surface area contributed by atoms with E-state index in [-0.39, 0.29) is 11.8 Å². The number of aliphatic hydroxyl groups is 2. The molecule has 2 N–H and O–H groups in total. The van der Waals surface area contributed by atoms with Crippen molar-refractivity contribution in [1.29, 1.82) is 0 Å². The van der Waals surface area contributed by atoms with Crippen molar-refractivity contribution >= 4 is 23.6 Å². The summed E-state index contributed by atoms with van der Waals surface area (Å²) in [5.74, 6) is -1.43. The highest BCUT2D eigenvalue weighted by Gasteiger charge is 2.38. The van der Waals surface area contributed by atoms with Crippen molar-refractivity contribution in [2.75, 3.05) is 13.5 Å². The van der Waals surface area contributed by atoms with Crippen LogP contribution in [0.25, 0.3) is 0 Å². The van der Waals surface area contributed by atoms with E-state index in [4.69, 9.17) is 10.2 Å². The standard InChI is InChI=1S/C9H11NO3.C9H7NO3/c2*11-5-10-8(12)6-3-1-2-4-7(6)9(10)13/h11H,1-5H2;1-4,11H,5H2. The average molecular weight is 358 g/mol. The number of fused-ring (bicyclic) bond motifs is 1. The first-order chi connectivity index (χ1) is 12.5. The molecule has 0 spiro atoms. The Balaban J connectivity index is 0.000000151. The first kappa shape index (κ1) is 18.0. The SMILES string of the molecule is O=C1C2=C(CCCC2)C(=O)N1CO.O=C1c2ccccc2C(=O)N1CO. The Morgan fingerprint density at radius 3 is 1.46 bits per heavy atom. The van der Waals surface area contributed by atoms with Crippen molar-refractivity contribution in [3.63, 3.8) is 0 Å². The molecule has 0 unspecified atom stereocenters. The second kappa shape index (κ2) is 7.19. The Hall–Kier alpha value is -2.84. The first-order valence-corrected chi connectivity index (χ1v) is 8.26. The number of imide groups is 2. The van der Waals surface area contributed by atoms with E-state index in [0.717, 1.165) is 22.6 Å². The van der Waals surface area contributed by atoms with Crippen LogP contribution in [0.1, 0.15) is 46.4 Å². The molecular formula is C18H18N2O6. The van der Waals surface area contributed by atoms with Gasteiger partial charge in [-0.3, -0.25) is 29.0 Å². The highest BCUT2D eigenvalue weighted by Crippen LogP contribution is 2.32. The molecule has 4 rings (SSSR count). The van der Waals surface area contributed by atoms with Gasteiger partial charge in [0.05, 0.1) is 11.1 Å². The van der Waals surface area contributed by atoms with Crippen LogP contribution >= 0.6 is 0 Å². The Bertz CT molecular complexity index is 766. The van der Waals surface area contributed by atoms with Crippen molar-refractivity contribution in [2.45, 2.75) is 25.7 Å². The topological polar surface area (TPSA) is 115 Å². The minimum atomic E-state index is -0.563. The van der Waals surface area contributed by atoms with Crippen molar-refractivity contribution in [1.82, 2.24) is 9.80 Å². The van der Waals surface area contributed by atoms with Crippen molar-refractivity contribution in [3.05, 3.63) is 46.5 Å². The Morgan fingerprint density at radius 2 is 1.08 bits per heavy atom. The third kappa shape index (κ3) is 2.83. The number of hydrogen-bond donors (Lipinski definition) is 2. The lowest BCUT2D eigenvalue weighted by Crippen LogP contribution is -2.32. The van der Waals surface area contributed by atoms with Crippen LogP contribution in [0.15, 0.2) is 35.4 Å². The zero-order valence-corrected chi connectivity index (χ0v) is 14.0. The number of hydrogen-bond acceptors (Lipinski definition) is 6. The number of benzene rings is 1. The van der Waals surface area contributed by atoms with Gasteiger partial charge in [0.15, 0.2) is 0 Å². The maximum absolute atomic E-state index is 11.5. The summed E-state index contributed by atoms with van der Waals surface area (Å²) in [6, 6.07) is 6.52. The zero-order chi connectivity index (χ0) is 18.8. The molecule has 8 nitrogen and oxygen atoms in total. The third-order valence-corrected chi connectivity index (χ3v) is 4.64. The lowest BCUT2D eigenvalue weighted by Gasteiger charge is -2.09. The molecule has 0 saturated carbocycles. The molecule has 26 heavy (non-hydrogen) atoms. The van der Waals surface area contributed by atoms with E-state index >= 15 is 0 Å². The van der Waals surface area contributed by atoms with Gasteiger partial charge in [-0.15, -0.1) is 0 Å². The van der Waals surface area contributed by atoms with Crippen LogP contribution in [-0.2, 0) is 9.59 Å². The van der Waals surface area contributed by atoms with Crippen LogP contribution < -0.4 is 0 Å². The van der Waals surface area contributed by atoms with Gasteiger partial charge in [0.1, 0.15) is 13.5 Å². The molecule has 1 aromatic rings. The molecule has 1 aliphatic carbocycles. The Labute approximate surface area is 149 Å². The van der Waals surface area contributed by atoms with E-state index in [1.165, 1.54) is 0 Å². The summed E-state index contributed by atoms with van der Waals surface area (Å²) in [4.78, 5) is 47.4. The van der Waals surface area contributed by atoms with E-state index in [0.29, 0.717) is 35.1 Å². The van der Waals surface area contributed by atoms with Crippen LogP contribution in [0.2, 0.25) is 0 Å². The minimum Gasteiger partial charge on any atom is -0.376 e. The van der Waals surface area contributed by atoms with E-state index in [2.05, 4.69) is 0 Å². The van der Waals surface area contributed by atoms with Crippen molar-refractivity contribution in [2.24, 2.45) is 0 Å². The average Bonchev–Trinajstić information content (AvgIpc) is 3.07. The first-order valence-electron chi connectivity index (χ1n) is 8.26. The molecule has 4 amide bonds. The second-order valence-corrected chi connectivity index (χ2v) is 6.07. The Kier molecular flexibility index (Phi) is 4.97. The molecular weight excluding hydrogens is 340 g/mol. The summed E-state index contributed by atoms with van der Waals surface area (Å²) in [5, 5.41) is 17.6. The van der Waals surface area contributed by atoms with E-state index in [9.17, 15) is 19.2 Å². The predicted octanol–water partition coefficient (Wildman–Crippen LogP) is 0.408. The van der Waals surface area contributed by atoms with E-state index < -0.39 is 25.3 Å². The summed E-state index contributed by atoms with van der Waals surface area (Å²) < 4.78 is 0. The summed E-state index contributed by atoms with van der Waals surface area (Å²) >= 11 is 0. The van der Waals surface area contributed by atoms with Gasteiger partial charge in [0.2, 0.25) is 0 Å². The molecule has 3 aliphatic rings. The van der Waals surface area contributed by atoms with Gasteiger partial charge in [-0.05, 0) is 37.8 Å². The molecule has 0 fully saturated rings. The number of nitrogens with zero attached hydrogens (tertiary/aromatic N) is 2. The summed E-state index contributed by atoms with van der Waals surface area (Å²) in [5.41, 5.74) is 1.98. The van der Waals surface area contributed by atoms with Crippen LogP contribution in [0, 0.1) is 0 Å². The molecule has 0 bridgehead atoms. The quantitative estimate of drug-likeness (QED) is 0.740. The fraction of sp³-hybridized carbons (Fsp3) is 0.333. The lowest BCUT2D eigenvalue weighted by atomic mass is 9.93. The number of rotatable bonds is 2. The fourth-order valence-corrected chi connectivity index (χ4v) is 3.29. The summed E-state index contributed by atoms with van der Waals surface area (Å²) in [7, 11) is 0. The molecule has 1 aromatic carbocycles. The van der Waals surface area contributed by atoms with Gasteiger partial charge >= 0.3 is 0 Å². The Morgan fingerprint density at radius 1 is 0.692 bits per heavy atom. The number of carbonyl (C=O) groups excluding carboxylic acids is 4. The van der Waals surface area contributed by atoms with Crippen LogP contribution in [0.5, 0.6) is 0 Å². The maximum atomic E-state index is 11.5. The number of aliphatic hydroxyl groups excluding tert-OH is 2. The van der Waals surface area contributed by atoms with Crippen molar-refractivity contribution in [3.8, 4) is 0 Å². The lowest BCUT2D eigenvalue weighted by molar-refractivity contribution is -0.141. The summed E-state index contributed by atoms with van der Waals surface area (Å²) in [6.07, 6.45) is 3.32. The fourth-order valence-electron chi connectivity index (χ4n) is 3.29. The third-order valence-electron chi connectivity index (χ3n) is 4.64. The molecule has 0 saturated heterocycles. The second-order valence-electron chi connectivity index (χ2n) is 6.07. The maximum Gasteiger partial charge on any atom is 0.263 e. The molecule has 0 radical (unpaired) electrons. The van der Waals surface area contributed by atoms with Gasteiger partial charge in [-0.25, -0.2) is 0 Å².